The Morgan fingerprint density at radius 1 is 1.33 bits per heavy atom. The number of hydrogen-bond acceptors (Lipinski definition) is 2. The highest BCUT2D eigenvalue weighted by Crippen LogP contribution is 2.49. The summed E-state index contributed by atoms with van der Waals surface area (Å²) in [5.74, 6) is 0.665. The van der Waals surface area contributed by atoms with E-state index in [4.69, 9.17) is 0 Å². The summed E-state index contributed by atoms with van der Waals surface area (Å²) in [5, 5.41) is 0. The minimum absolute atomic E-state index is 0.225. The van der Waals surface area contributed by atoms with Crippen LogP contribution in [0.1, 0.15) is 44.6 Å². The quantitative estimate of drug-likeness (QED) is 0.841. The molecule has 0 spiro atoms. The lowest BCUT2D eigenvalue weighted by Gasteiger charge is -2.44. The van der Waals surface area contributed by atoms with Gasteiger partial charge in [-0.25, -0.2) is 0 Å². The largest absolute Gasteiger partial charge is 0.299 e. The number of nitrogens with zero attached hydrogens (tertiary/aromatic N) is 1. The normalized spacial score (nSPS) is 32.6. The van der Waals surface area contributed by atoms with Gasteiger partial charge in [-0.3, -0.25) is 9.69 Å². The van der Waals surface area contributed by atoms with Gasteiger partial charge in [-0.15, -0.1) is 0 Å². The second-order valence-corrected chi connectivity index (χ2v) is 6.91. The van der Waals surface area contributed by atoms with Crippen molar-refractivity contribution in [2.24, 2.45) is 5.41 Å². The monoisotopic (exact) mass is 283 g/mol. The van der Waals surface area contributed by atoms with Crippen molar-refractivity contribution in [3.8, 4) is 0 Å². The van der Waals surface area contributed by atoms with Gasteiger partial charge in [-0.05, 0) is 30.9 Å². The van der Waals surface area contributed by atoms with Gasteiger partial charge in [0, 0.05) is 30.5 Å². The third kappa shape index (κ3) is 2.46. The van der Waals surface area contributed by atoms with Gasteiger partial charge in [0.05, 0.1) is 0 Å². The van der Waals surface area contributed by atoms with E-state index in [2.05, 4.69) is 55.3 Å². The Labute approximate surface area is 127 Å². The first-order valence-electron chi connectivity index (χ1n) is 8.05. The molecule has 1 aliphatic carbocycles. The molecule has 2 nitrogen and oxygen atoms in total. The second kappa shape index (κ2) is 5.42. The van der Waals surface area contributed by atoms with Crippen molar-refractivity contribution in [2.75, 3.05) is 13.6 Å². The first-order chi connectivity index (χ1) is 10.0. The number of rotatable bonds is 3. The molecule has 0 N–H and O–H groups in total. The van der Waals surface area contributed by atoms with Gasteiger partial charge in [0.2, 0.25) is 0 Å². The summed E-state index contributed by atoms with van der Waals surface area (Å²) in [4.78, 5) is 14.8. The first-order valence-corrected chi connectivity index (χ1v) is 8.05. The van der Waals surface area contributed by atoms with Crippen LogP contribution in [-0.4, -0.2) is 30.3 Å². The average Bonchev–Trinajstić information content (AvgIpc) is 2.70. The summed E-state index contributed by atoms with van der Waals surface area (Å²) >= 11 is 0. The number of Topliss-reactive ketones (excluding diaryl/α,β-unsaturated/α-hetero) is 1. The topological polar surface area (TPSA) is 20.3 Å². The predicted octanol–water partition coefficient (Wildman–Crippen LogP) is 3.79. The maximum absolute atomic E-state index is 12.4. The van der Waals surface area contributed by atoms with Crippen molar-refractivity contribution in [1.82, 2.24) is 4.90 Å². The molecule has 112 valence electrons. The SMILES string of the molecule is CCC(=O)C1=C[C@H](c2ccccc2)C2(C)CCC1N(C)C2. The fourth-order valence-corrected chi connectivity index (χ4v) is 4.23. The van der Waals surface area contributed by atoms with Crippen LogP contribution in [0, 0.1) is 5.41 Å². The average molecular weight is 283 g/mol. The zero-order chi connectivity index (χ0) is 15.0. The minimum Gasteiger partial charge on any atom is -0.299 e. The fourth-order valence-electron chi connectivity index (χ4n) is 4.23. The van der Waals surface area contributed by atoms with E-state index in [9.17, 15) is 4.79 Å². The van der Waals surface area contributed by atoms with Crippen LogP contribution in [0.2, 0.25) is 0 Å². The van der Waals surface area contributed by atoms with Crippen LogP contribution in [0.3, 0.4) is 0 Å². The molecule has 4 rings (SSSR count). The Bertz CT molecular complexity index is 562. The van der Waals surface area contributed by atoms with Crippen molar-refractivity contribution in [3.63, 3.8) is 0 Å². The van der Waals surface area contributed by atoms with Crippen LogP contribution < -0.4 is 0 Å². The molecular weight excluding hydrogens is 258 g/mol. The highest BCUT2D eigenvalue weighted by Gasteiger charge is 2.45. The maximum atomic E-state index is 12.4. The summed E-state index contributed by atoms with van der Waals surface area (Å²) in [6, 6.07) is 11.0. The molecule has 3 aliphatic rings. The zero-order valence-corrected chi connectivity index (χ0v) is 13.3. The maximum Gasteiger partial charge on any atom is 0.159 e. The lowest BCUT2D eigenvalue weighted by atomic mass is 9.70. The summed E-state index contributed by atoms with van der Waals surface area (Å²) in [6.45, 7) is 5.42. The molecule has 1 aromatic rings. The molecule has 2 unspecified atom stereocenters. The van der Waals surface area contributed by atoms with Crippen LogP contribution in [0.5, 0.6) is 0 Å². The molecule has 0 radical (unpaired) electrons. The molecule has 2 aliphatic heterocycles. The molecule has 2 bridgehead atoms. The van der Waals surface area contributed by atoms with Crippen LogP contribution in [0.25, 0.3) is 0 Å². The Balaban J connectivity index is 2.10. The zero-order valence-electron chi connectivity index (χ0n) is 13.3. The molecule has 0 aromatic heterocycles. The highest BCUT2D eigenvalue weighted by atomic mass is 16.1. The Kier molecular flexibility index (Phi) is 3.75. The van der Waals surface area contributed by atoms with Crippen molar-refractivity contribution < 1.29 is 4.79 Å². The number of hydrogen-bond donors (Lipinski definition) is 0. The second-order valence-electron chi connectivity index (χ2n) is 6.91. The van der Waals surface area contributed by atoms with E-state index in [1.54, 1.807) is 0 Å². The molecule has 2 heteroatoms. The minimum atomic E-state index is 0.225. The molecule has 2 heterocycles. The number of benzene rings is 1. The third-order valence-corrected chi connectivity index (χ3v) is 5.39. The molecule has 1 fully saturated rings. The van der Waals surface area contributed by atoms with Gasteiger partial charge in [0.25, 0.3) is 0 Å². The Hall–Kier alpha value is -1.41. The van der Waals surface area contributed by atoms with Crippen LogP contribution >= 0.6 is 0 Å². The van der Waals surface area contributed by atoms with Crippen molar-refractivity contribution in [1.29, 1.82) is 0 Å². The molecule has 0 saturated carbocycles. The number of ketones is 1. The van der Waals surface area contributed by atoms with E-state index in [0.717, 1.165) is 18.5 Å². The molecule has 3 atom stereocenters. The van der Waals surface area contributed by atoms with E-state index in [1.807, 2.05) is 6.92 Å². The number of carbonyl (C=O) groups excluding carboxylic acids is 1. The van der Waals surface area contributed by atoms with E-state index < -0.39 is 0 Å². The van der Waals surface area contributed by atoms with E-state index in [-0.39, 0.29) is 5.41 Å². The number of fused-ring (bicyclic) bond motifs is 3. The van der Waals surface area contributed by atoms with Gasteiger partial charge < -0.3 is 0 Å². The highest BCUT2D eigenvalue weighted by molar-refractivity contribution is 5.96. The first kappa shape index (κ1) is 14.5. The molecule has 21 heavy (non-hydrogen) atoms. The van der Waals surface area contributed by atoms with Crippen molar-refractivity contribution >= 4 is 5.78 Å². The Morgan fingerprint density at radius 2 is 2.05 bits per heavy atom. The Morgan fingerprint density at radius 3 is 2.67 bits per heavy atom. The molecular formula is C19H25NO. The number of allylic oxidation sites excluding steroid dienone is 1. The van der Waals surface area contributed by atoms with Gasteiger partial charge in [-0.2, -0.15) is 0 Å². The van der Waals surface area contributed by atoms with Gasteiger partial charge in [-0.1, -0.05) is 50.3 Å². The van der Waals surface area contributed by atoms with Crippen LogP contribution in [-0.2, 0) is 4.79 Å². The molecule has 1 saturated heterocycles. The summed E-state index contributed by atoms with van der Waals surface area (Å²) < 4.78 is 0. The smallest absolute Gasteiger partial charge is 0.159 e. The van der Waals surface area contributed by atoms with Crippen molar-refractivity contribution in [3.05, 3.63) is 47.5 Å². The summed E-state index contributed by atoms with van der Waals surface area (Å²) in [6.07, 6.45) is 5.20. The predicted molar refractivity (Wildman–Crippen MR) is 86.3 cm³/mol. The summed E-state index contributed by atoms with van der Waals surface area (Å²) in [5.41, 5.74) is 2.62. The lowest BCUT2D eigenvalue weighted by Crippen LogP contribution is -2.46. The van der Waals surface area contributed by atoms with E-state index >= 15 is 0 Å². The fraction of sp³-hybridized carbons (Fsp3) is 0.526. The number of likely N-dealkylation sites (N-methyl/N-ethyl adjacent to an activating group) is 1. The lowest BCUT2D eigenvalue weighted by molar-refractivity contribution is -0.116. The standard InChI is InChI=1S/C19H25NO/c1-4-18(21)15-12-16(14-8-6-5-7-9-14)19(2)11-10-17(15)20(3)13-19/h5-9,12,16-17H,4,10-11,13H2,1-3H3/t16-,17?,19?/m1/s1. The van der Waals surface area contributed by atoms with Gasteiger partial charge >= 0.3 is 0 Å². The van der Waals surface area contributed by atoms with Crippen molar-refractivity contribution in [2.45, 2.75) is 45.1 Å². The number of piperidine rings is 1. The molecule has 0 amide bonds. The van der Waals surface area contributed by atoms with Crippen LogP contribution in [0.4, 0.5) is 0 Å². The van der Waals surface area contributed by atoms with E-state index in [1.165, 1.54) is 12.0 Å². The van der Waals surface area contributed by atoms with Gasteiger partial charge in [0.1, 0.15) is 0 Å². The van der Waals surface area contributed by atoms with Gasteiger partial charge in [0.15, 0.2) is 5.78 Å². The summed E-state index contributed by atoms with van der Waals surface area (Å²) in [7, 11) is 2.17. The van der Waals surface area contributed by atoms with E-state index in [0.29, 0.717) is 24.2 Å². The number of carbonyl (C=O) groups is 1. The van der Waals surface area contributed by atoms with Crippen LogP contribution in [0.15, 0.2) is 42.0 Å². The molecule has 1 aromatic carbocycles. The third-order valence-electron chi connectivity index (χ3n) is 5.39.